The molecule has 0 amide bonds. The number of hydrogen-bond donors (Lipinski definition) is 0. The second kappa shape index (κ2) is 7.84. The SMILES string of the molecule is Cc1ncc(CCN2CCCC2Cn2nc(-c3ccncc3)ccc2=O)o1. The van der Waals surface area contributed by atoms with E-state index in [0.717, 1.165) is 49.4 Å². The lowest BCUT2D eigenvalue weighted by molar-refractivity contribution is 0.223. The fourth-order valence-electron chi connectivity index (χ4n) is 3.63. The van der Waals surface area contributed by atoms with Crippen LogP contribution in [0, 0.1) is 6.92 Å². The summed E-state index contributed by atoms with van der Waals surface area (Å²) >= 11 is 0. The number of oxazole rings is 1. The Morgan fingerprint density at radius 1 is 1.22 bits per heavy atom. The van der Waals surface area contributed by atoms with Crippen LogP contribution in [-0.4, -0.2) is 43.8 Å². The molecule has 7 nitrogen and oxygen atoms in total. The van der Waals surface area contributed by atoms with Crippen LogP contribution in [0.5, 0.6) is 0 Å². The molecule has 0 saturated carbocycles. The van der Waals surface area contributed by atoms with Crippen molar-refractivity contribution in [1.82, 2.24) is 24.6 Å². The molecule has 0 N–H and O–H groups in total. The van der Waals surface area contributed by atoms with Crippen molar-refractivity contribution in [3.8, 4) is 11.3 Å². The average Bonchev–Trinajstić information content (AvgIpc) is 3.31. The van der Waals surface area contributed by atoms with Gasteiger partial charge in [0.2, 0.25) is 0 Å². The van der Waals surface area contributed by atoms with Crippen LogP contribution in [0.15, 0.2) is 52.1 Å². The van der Waals surface area contributed by atoms with E-state index in [-0.39, 0.29) is 5.56 Å². The molecular formula is C20H23N5O2. The predicted octanol–water partition coefficient (Wildman–Crippen LogP) is 2.31. The second-order valence-electron chi connectivity index (χ2n) is 6.90. The number of pyridine rings is 1. The third kappa shape index (κ3) is 4.14. The number of aryl methyl sites for hydroxylation is 1. The van der Waals surface area contributed by atoms with E-state index in [1.807, 2.05) is 19.1 Å². The molecule has 0 spiro atoms. The zero-order valence-electron chi connectivity index (χ0n) is 15.4. The molecule has 4 rings (SSSR count). The lowest BCUT2D eigenvalue weighted by Gasteiger charge is -2.24. The summed E-state index contributed by atoms with van der Waals surface area (Å²) in [6, 6.07) is 7.48. The van der Waals surface area contributed by atoms with Crippen LogP contribution in [0.4, 0.5) is 0 Å². The molecule has 1 atom stereocenters. The summed E-state index contributed by atoms with van der Waals surface area (Å²) in [6.45, 7) is 4.40. The minimum Gasteiger partial charge on any atom is -0.446 e. The maximum atomic E-state index is 12.3. The van der Waals surface area contributed by atoms with Crippen LogP contribution >= 0.6 is 0 Å². The third-order valence-electron chi connectivity index (χ3n) is 5.04. The number of likely N-dealkylation sites (tertiary alicyclic amines) is 1. The first-order chi connectivity index (χ1) is 13.2. The zero-order chi connectivity index (χ0) is 18.6. The highest BCUT2D eigenvalue weighted by molar-refractivity contribution is 5.56. The smallest absolute Gasteiger partial charge is 0.266 e. The van der Waals surface area contributed by atoms with Crippen LogP contribution in [0.1, 0.15) is 24.5 Å². The molecule has 3 aromatic rings. The molecule has 27 heavy (non-hydrogen) atoms. The number of rotatable bonds is 6. The monoisotopic (exact) mass is 365 g/mol. The fourth-order valence-corrected chi connectivity index (χ4v) is 3.63. The molecule has 1 aliphatic heterocycles. The number of hydrogen-bond acceptors (Lipinski definition) is 6. The van der Waals surface area contributed by atoms with Crippen molar-refractivity contribution in [1.29, 1.82) is 0 Å². The van der Waals surface area contributed by atoms with Gasteiger partial charge in [-0.2, -0.15) is 5.10 Å². The van der Waals surface area contributed by atoms with Crippen molar-refractivity contribution in [3.63, 3.8) is 0 Å². The van der Waals surface area contributed by atoms with E-state index in [4.69, 9.17) is 4.42 Å². The van der Waals surface area contributed by atoms with E-state index in [1.54, 1.807) is 35.4 Å². The summed E-state index contributed by atoms with van der Waals surface area (Å²) in [6.07, 6.45) is 8.30. The molecule has 0 aromatic carbocycles. The van der Waals surface area contributed by atoms with Crippen molar-refractivity contribution < 1.29 is 4.42 Å². The Hall–Kier alpha value is -2.80. The van der Waals surface area contributed by atoms with E-state index >= 15 is 0 Å². The van der Waals surface area contributed by atoms with Crippen LogP contribution in [0.2, 0.25) is 0 Å². The highest BCUT2D eigenvalue weighted by Crippen LogP contribution is 2.20. The van der Waals surface area contributed by atoms with E-state index in [9.17, 15) is 4.79 Å². The van der Waals surface area contributed by atoms with Crippen LogP contribution in [0.25, 0.3) is 11.3 Å². The topological polar surface area (TPSA) is 77.1 Å². The van der Waals surface area contributed by atoms with Gasteiger partial charge in [0.1, 0.15) is 5.76 Å². The van der Waals surface area contributed by atoms with Gasteiger partial charge in [-0.05, 0) is 37.6 Å². The molecule has 7 heteroatoms. The molecule has 1 fully saturated rings. The van der Waals surface area contributed by atoms with Crippen molar-refractivity contribution in [3.05, 3.63) is 64.9 Å². The van der Waals surface area contributed by atoms with Gasteiger partial charge in [0.05, 0.1) is 18.4 Å². The van der Waals surface area contributed by atoms with E-state index in [2.05, 4.69) is 20.0 Å². The standard InChI is InChI=1S/C20H23N5O2/c1-15-22-13-18(27-15)8-12-24-11-2-3-17(24)14-25-20(26)5-4-19(23-25)16-6-9-21-10-7-16/h4-7,9-10,13,17H,2-3,8,11-12,14H2,1H3. The molecule has 140 valence electrons. The summed E-state index contributed by atoms with van der Waals surface area (Å²) in [5.74, 6) is 1.61. The molecule has 1 aliphatic rings. The van der Waals surface area contributed by atoms with Gasteiger partial charge in [-0.25, -0.2) is 9.67 Å². The predicted molar refractivity (Wildman–Crippen MR) is 101 cm³/mol. The number of nitrogens with zero attached hydrogens (tertiary/aromatic N) is 5. The Balaban J connectivity index is 1.46. The molecular weight excluding hydrogens is 342 g/mol. The van der Waals surface area contributed by atoms with Crippen molar-refractivity contribution in [2.75, 3.05) is 13.1 Å². The summed E-state index contributed by atoms with van der Waals surface area (Å²) in [5, 5.41) is 4.58. The van der Waals surface area contributed by atoms with E-state index < -0.39 is 0 Å². The number of aromatic nitrogens is 4. The minimum atomic E-state index is -0.0643. The average molecular weight is 365 g/mol. The van der Waals surface area contributed by atoms with Gasteiger partial charge in [0.15, 0.2) is 5.89 Å². The minimum absolute atomic E-state index is 0.0643. The summed E-state index contributed by atoms with van der Waals surface area (Å²) in [4.78, 5) is 22.9. The van der Waals surface area contributed by atoms with Crippen LogP contribution in [-0.2, 0) is 13.0 Å². The normalized spacial score (nSPS) is 17.4. The quantitative estimate of drug-likeness (QED) is 0.667. The van der Waals surface area contributed by atoms with Crippen molar-refractivity contribution in [2.45, 2.75) is 38.8 Å². The van der Waals surface area contributed by atoms with Gasteiger partial charge < -0.3 is 4.42 Å². The van der Waals surface area contributed by atoms with Gasteiger partial charge in [-0.3, -0.25) is 14.7 Å². The molecule has 0 aliphatic carbocycles. The second-order valence-corrected chi connectivity index (χ2v) is 6.90. The first-order valence-corrected chi connectivity index (χ1v) is 9.33. The van der Waals surface area contributed by atoms with Gasteiger partial charge >= 0.3 is 0 Å². The Morgan fingerprint density at radius 3 is 2.85 bits per heavy atom. The highest BCUT2D eigenvalue weighted by Gasteiger charge is 2.25. The van der Waals surface area contributed by atoms with Gasteiger partial charge in [-0.1, -0.05) is 0 Å². The Labute approximate surface area is 157 Å². The molecule has 0 radical (unpaired) electrons. The van der Waals surface area contributed by atoms with Gasteiger partial charge in [0, 0.05) is 50.0 Å². The zero-order valence-corrected chi connectivity index (χ0v) is 15.4. The largest absolute Gasteiger partial charge is 0.446 e. The van der Waals surface area contributed by atoms with Gasteiger partial charge in [0.25, 0.3) is 5.56 Å². The molecule has 3 aromatic heterocycles. The van der Waals surface area contributed by atoms with E-state index in [0.29, 0.717) is 18.5 Å². The molecule has 1 saturated heterocycles. The van der Waals surface area contributed by atoms with Crippen LogP contribution in [0.3, 0.4) is 0 Å². The Bertz CT molecular complexity index is 950. The van der Waals surface area contributed by atoms with Gasteiger partial charge in [-0.15, -0.1) is 0 Å². The Morgan fingerprint density at radius 2 is 2.07 bits per heavy atom. The molecule has 4 heterocycles. The van der Waals surface area contributed by atoms with Crippen molar-refractivity contribution >= 4 is 0 Å². The van der Waals surface area contributed by atoms with Crippen molar-refractivity contribution in [2.24, 2.45) is 0 Å². The maximum Gasteiger partial charge on any atom is 0.266 e. The first-order valence-electron chi connectivity index (χ1n) is 9.33. The maximum absolute atomic E-state index is 12.3. The fraction of sp³-hybridized carbons (Fsp3) is 0.400. The summed E-state index contributed by atoms with van der Waals surface area (Å²) in [5.41, 5.74) is 1.69. The summed E-state index contributed by atoms with van der Waals surface area (Å²) in [7, 11) is 0. The summed E-state index contributed by atoms with van der Waals surface area (Å²) < 4.78 is 7.16. The molecule has 1 unspecified atom stereocenters. The lowest BCUT2D eigenvalue weighted by atomic mass is 10.2. The highest BCUT2D eigenvalue weighted by atomic mass is 16.4. The lowest BCUT2D eigenvalue weighted by Crippen LogP contribution is -2.38. The third-order valence-corrected chi connectivity index (χ3v) is 5.04. The molecule has 0 bridgehead atoms. The first kappa shape index (κ1) is 17.6. The van der Waals surface area contributed by atoms with Crippen LogP contribution < -0.4 is 5.56 Å². The Kier molecular flexibility index (Phi) is 5.11. The van der Waals surface area contributed by atoms with E-state index in [1.165, 1.54) is 0 Å².